The molecule has 6 nitrogen and oxygen atoms in total. The molecule has 1 saturated carbocycles. The maximum atomic E-state index is 12.5. The van der Waals surface area contributed by atoms with E-state index < -0.39 is 6.04 Å². The van der Waals surface area contributed by atoms with Crippen LogP contribution in [0.25, 0.3) is 0 Å². The van der Waals surface area contributed by atoms with Gasteiger partial charge >= 0.3 is 0 Å². The molecule has 1 atom stereocenters. The molecule has 0 aromatic carbocycles. The van der Waals surface area contributed by atoms with Crippen LogP contribution in [0.5, 0.6) is 0 Å². The standard InChI is InChI=1S/C16H32N4O2.ClH/c1-12(2)15(17)16(22)18-11-14(21)20(10-9-19(3)4)13-7-5-6-8-13;/h12-13,15H,5-11,17H2,1-4H3,(H,18,22);1H/t15-;/m0./s1. The van der Waals surface area contributed by atoms with Gasteiger partial charge in [0.1, 0.15) is 0 Å². The van der Waals surface area contributed by atoms with Gasteiger partial charge in [-0.05, 0) is 32.9 Å². The van der Waals surface area contributed by atoms with Gasteiger partial charge in [0.2, 0.25) is 11.8 Å². The van der Waals surface area contributed by atoms with Gasteiger partial charge in [0.25, 0.3) is 0 Å². The lowest BCUT2D eigenvalue weighted by Crippen LogP contribution is -2.50. The molecule has 7 heteroatoms. The Morgan fingerprint density at radius 2 is 1.74 bits per heavy atom. The number of amides is 2. The number of nitrogens with zero attached hydrogens (tertiary/aromatic N) is 2. The Hall–Kier alpha value is -0.850. The third-order valence-corrected chi connectivity index (χ3v) is 4.31. The highest BCUT2D eigenvalue weighted by molar-refractivity contribution is 5.87. The summed E-state index contributed by atoms with van der Waals surface area (Å²) in [5, 5.41) is 2.69. The molecule has 0 aromatic heterocycles. The Morgan fingerprint density at radius 3 is 2.22 bits per heavy atom. The number of nitrogens with two attached hydrogens (primary N) is 1. The van der Waals surface area contributed by atoms with E-state index in [4.69, 9.17) is 5.73 Å². The summed E-state index contributed by atoms with van der Waals surface area (Å²) in [7, 11) is 4.00. The molecule has 23 heavy (non-hydrogen) atoms. The van der Waals surface area contributed by atoms with E-state index in [2.05, 4.69) is 10.2 Å². The van der Waals surface area contributed by atoms with E-state index in [0.29, 0.717) is 12.6 Å². The van der Waals surface area contributed by atoms with Gasteiger partial charge < -0.3 is 20.9 Å². The van der Waals surface area contributed by atoms with Gasteiger partial charge in [0, 0.05) is 19.1 Å². The van der Waals surface area contributed by atoms with E-state index in [1.54, 1.807) is 0 Å². The van der Waals surface area contributed by atoms with Crippen LogP contribution < -0.4 is 11.1 Å². The number of carbonyl (C=O) groups is 2. The maximum absolute atomic E-state index is 12.5. The van der Waals surface area contributed by atoms with Crippen molar-refractivity contribution < 1.29 is 9.59 Å². The maximum Gasteiger partial charge on any atom is 0.242 e. The third kappa shape index (κ3) is 7.50. The van der Waals surface area contributed by atoms with Crippen LogP contribution in [-0.2, 0) is 9.59 Å². The van der Waals surface area contributed by atoms with Crippen molar-refractivity contribution in [1.82, 2.24) is 15.1 Å². The number of halogens is 1. The smallest absolute Gasteiger partial charge is 0.242 e. The van der Waals surface area contributed by atoms with Crippen LogP contribution in [-0.4, -0.2) is 67.4 Å². The molecule has 3 N–H and O–H groups in total. The van der Waals surface area contributed by atoms with Gasteiger partial charge in [0.05, 0.1) is 12.6 Å². The van der Waals surface area contributed by atoms with Gasteiger partial charge in [-0.25, -0.2) is 0 Å². The average Bonchev–Trinajstić information content (AvgIpc) is 2.97. The van der Waals surface area contributed by atoms with Gasteiger partial charge in [-0.3, -0.25) is 9.59 Å². The first kappa shape index (κ1) is 22.1. The van der Waals surface area contributed by atoms with Gasteiger partial charge in [-0.2, -0.15) is 0 Å². The van der Waals surface area contributed by atoms with Gasteiger partial charge in [-0.1, -0.05) is 26.7 Å². The Morgan fingerprint density at radius 1 is 1.17 bits per heavy atom. The predicted molar refractivity (Wildman–Crippen MR) is 95.6 cm³/mol. The van der Waals surface area contributed by atoms with Crippen molar-refractivity contribution in [3.8, 4) is 0 Å². The minimum Gasteiger partial charge on any atom is -0.346 e. The zero-order valence-electron chi connectivity index (χ0n) is 14.9. The SMILES string of the molecule is CC(C)[C@H](N)C(=O)NCC(=O)N(CCN(C)C)C1CCCC1.Cl. The second-order valence-electron chi connectivity index (χ2n) is 6.82. The van der Waals surface area contributed by atoms with Crippen LogP contribution in [0.15, 0.2) is 0 Å². The Balaban J connectivity index is 0.00000484. The van der Waals surface area contributed by atoms with Crippen molar-refractivity contribution in [2.75, 3.05) is 33.7 Å². The third-order valence-electron chi connectivity index (χ3n) is 4.31. The average molecular weight is 349 g/mol. The van der Waals surface area contributed by atoms with E-state index in [1.165, 1.54) is 12.8 Å². The van der Waals surface area contributed by atoms with E-state index in [-0.39, 0.29) is 36.7 Å². The molecule has 0 saturated heterocycles. The molecule has 0 unspecified atom stereocenters. The second-order valence-corrected chi connectivity index (χ2v) is 6.82. The van der Waals surface area contributed by atoms with E-state index in [1.807, 2.05) is 32.8 Å². The molecular formula is C16H33ClN4O2. The van der Waals surface area contributed by atoms with E-state index in [9.17, 15) is 9.59 Å². The summed E-state index contributed by atoms with van der Waals surface area (Å²) < 4.78 is 0. The second kappa shape index (κ2) is 10.8. The van der Waals surface area contributed by atoms with Gasteiger partial charge in [-0.15, -0.1) is 12.4 Å². The normalized spacial score (nSPS) is 16.3. The quantitative estimate of drug-likeness (QED) is 0.681. The Kier molecular flexibility index (Phi) is 10.4. The molecule has 136 valence electrons. The highest BCUT2D eigenvalue weighted by Crippen LogP contribution is 2.23. The number of carbonyl (C=O) groups excluding carboxylic acids is 2. The molecule has 1 aliphatic rings. The van der Waals surface area contributed by atoms with Crippen LogP contribution in [0.2, 0.25) is 0 Å². The summed E-state index contributed by atoms with van der Waals surface area (Å²) in [4.78, 5) is 28.4. The largest absolute Gasteiger partial charge is 0.346 e. The molecule has 0 bridgehead atoms. The number of hydrogen-bond acceptors (Lipinski definition) is 4. The zero-order chi connectivity index (χ0) is 16.7. The summed E-state index contributed by atoms with van der Waals surface area (Å²) in [5.74, 6) is -0.185. The molecule has 1 aliphatic carbocycles. The molecule has 2 amide bonds. The highest BCUT2D eigenvalue weighted by Gasteiger charge is 2.27. The molecule has 0 aromatic rings. The van der Waals surface area contributed by atoms with Crippen LogP contribution >= 0.6 is 12.4 Å². The predicted octanol–water partition coefficient (Wildman–Crippen LogP) is 0.841. The first-order valence-corrected chi connectivity index (χ1v) is 8.30. The first-order chi connectivity index (χ1) is 10.3. The van der Waals surface area contributed by atoms with Crippen molar-refractivity contribution in [2.24, 2.45) is 11.7 Å². The summed E-state index contributed by atoms with van der Waals surface area (Å²) in [6.07, 6.45) is 4.50. The number of nitrogens with one attached hydrogen (secondary N) is 1. The lowest BCUT2D eigenvalue weighted by molar-refractivity contribution is -0.135. The first-order valence-electron chi connectivity index (χ1n) is 8.30. The summed E-state index contributed by atoms with van der Waals surface area (Å²) in [6.45, 7) is 5.38. The number of likely N-dealkylation sites (N-methyl/N-ethyl adjacent to an activating group) is 1. The van der Waals surface area contributed by atoms with Crippen molar-refractivity contribution in [3.05, 3.63) is 0 Å². The topological polar surface area (TPSA) is 78.7 Å². The van der Waals surface area contributed by atoms with E-state index >= 15 is 0 Å². The molecule has 1 fully saturated rings. The van der Waals surface area contributed by atoms with Crippen molar-refractivity contribution >= 4 is 24.2 Å². The van der Waals surface area contributed by atoms with Crippen LogP contribution in [0.1, 0.15) is 39.5 Å². The molecule has 0 spiro atoms. The lowest BCUT2D eigenvalue weighted by Gasteiger charge is -2.30. The zero-order valence-corrected chi connectivity index (χ0v) is 15.7. The van der Waals surface area contributed by atoms with Crippen molar-refractivity contribution in [1.29, 1.82) is 0 Å². The number of hydrogen-bond donors (Lipinski definition) is 2. The van der Waals surface area contributed by atoms with Crippen LogP contribution in [0, 0.1) is 5.92 Å². The molecule has 1 rings (SSSR count). The fourth-order valence-electron chi connectivity index (χ4n) is 2.72. The van der Waals surface area contributed by atoms with Crippen LogP contribution in [0.4, 0.5) is 0 Å². The summed E-state index contributed by atoms with van der Waals surface area (Å²) in [5.41, 5.74) is 5.80. The van der Waals surface area contributed by atoms with Gasteiger partial charge in [0.15, 0.2) is 0 Å². The molecule has 0 heterocycles. The molecule has 0 aliphatic heterocycles. The monoisotopic (exact) mass is 348 g/mol. The Bertz CT molecular complexity index is 371. The minimum absolute atomic E-state index is 0. The fraction of sp³-hybridized carbons (Fsp3) is 0.875. The molecular weight excluding hydrogens is 316 g/mol. The lowest BCUT2D eigenvalue weighted by atomic mass is 10.1. The summed E-state index contributed by atoms with van der Waals surface area (Å²) >= 11 is 0. The minimum atomic E-state index is -0.561. The van der Waals surface area contributed by atoms with Crippen molar-refractivity contribution in [3.63, 3.8) is 0 Å². The highest BCUT2D eigenvalue weighted by atomic mass is 35.5. The van der Waals surface area contributed by atoms with E-state index in [0.717, 1.165) is 19.4 Å². The fourth-order valence-corrected chi connectivity index (χ4v) is 2.72. The number of rotatable bonds is 8. The molecule has 0 radical (unpaired) electrons. The van der Waals surface area contributed by atoms with Crippen LogP contribution in [0.3, 0.4) is 0 Å². The Labute approximate surface area is 146 Å². The van der Waals surface area contributed by atoms with Crippen molar-refractivity contribution in [2.45, 2.75) is 51.6 Å². The summed E-state index contributed by atoms with van der Waals surface area (Å²) in [6, 6.07) is -0.238.